The molecule has 0 fully saturated rings. The van der Waals surface area contributed by atoms with Crippen molar-refractivity contribution in [1.29, 1.82) is 0 Å². The quantitative estimate of drug-likeness (QED) is 0.390. The summed E-state index contributed by atoms with van der Waals surface area (Å²) in [6, 6.07) is 24.4. The van der Waals surface area contributed by atoms with E-state index in [0.29, 0.717) is 6.61 Å². The molecule has 4 heteroatoms. The van der Waals surface area contributed by atoms with Gasteiger partial charge in [0.2, 0.25) is 5.62 Å². The van der Waals surface area contributed by atoms with Gasteiger partial charge in [0.15, 0.2) is 0 Å². The monoisotopic (exact) mass is 427 g/mol. The minimum absolute atomic E-state index is 0.144. The Labute approximate surface area is 190 Å². The van der Waals surface area contributed by atoms with E-state index in [0.717, 1.165) is 18.6 Å². The Morgan fingerprint density at radius 1 is 0.781 bits per heavy atom. The van der Waals surface area contributed by atoms with Crippen LogP contribution in [0.2, 0.25) is 0 Å². The van der Waals surface area contributed by atoms with Crippen LogP contribution < -0.4 is 5.62 Å². The fourth-order valence-corrected chi connectivity index (χ4v) is 4.43. The van der Waals surface area contributed by atoms with Crippen LogP contribution in [0.25, 0.3) is 11.0 Å². The van der Waals surface area contributed by atoms with Gasteiger partial charge < -0.3 is 13.9 Å². The Bertz CT molecular complexity index is 1260. The van der Waals surface area contributed by atoms with Gasteiger partial charge in [-0.2, -0.15) is 0 Å². The fourth-order valence-electron chi connectivity index (χ4n) is 4.43. The van der Waals surface area contributed by atoms with Crippen molar-refractivity contribution in [3.05, 3.63) is 100 Å². The predicted molar refractivity (Wildman–Crippen MR) is 132 cm³/mol. The maximum Gasteiger partial charge on any atom is 0.206 e. The van der Waals surface area contributed by atoms with Crippen LogP contribution in [0.3, 0.4) is 0 Å². The first-order valence-electron chi connectivity index (χ1n) is 11.2. The highest BCUT2D eigenvalue weighted by molar-refractivity contribution is 5.77. The number of nitrogens with zero attached hydrogens (tertiary/aromatic N) is 3. The van der Waals surface area contributed by atoms with Gasteiger partial charge in [-0.25, -0.2) is 0 Å². The lowest BCUT2D eigenvalue weighted by molar-refractivity contribution is 0.154. The maximum absolute atomic E-state index is 5.70. The molecule has 0 amide bonds. The van der Waals surface area contributed by atoms with Crippen LogP contribution >= 0.6 is 0 Å². The highest BCUT2D eigenvalue weighted by Crippen LogP contribution is 2.23. The summed E-state index contributed by atoms with van der Waals surface area (Å²) in [5.74, 6) is 0. The lowest BCUT2D eigenvalue weighted by Crippen LogP contribution is -2.32. The van der Waals surface area contributed by atoms with Gasteiger partial charge in [-0.1, -0.05) is 65.7 Å². The molecule has 0 bridgehead atoms. The molecular formula is C28H33N3O. The van der Waals surface area contributed by atoms with E-state index in [9.17, 15) is 0 Å². The van der Waals surface area contributed by atoms with Gasteiger partial charge in [0.1, 0.15) is 0 Å². The van der Waals surface area contributed by atoms with Crippen molar-refractivity contribution in [3.63, 3.8) is 0 Å². The van der Waals surface area contributed by atoms with Crippen molar-refractivity contribution in [2.24, 2.45) is 4.99 Å². The summed E-state index contributed by atoms with van der Waals surface area (Å²) in [4.78, 5) is 4.78. The van der Waals surface area contributed by atoms with Crippen molar-refractivity contribution >= 4 is 11.0 Å². The molecule has 4 aromatic rings. The molecule has 1 atom stereocenters. The summed E-state index contributed by atoms with van der Waals surface area (Å²) in [5.41, 5.74) is 9.74. The van der Waals surface area contributed by atoms with Gasteiger partial charge in [-0.3, -0.25) is 4.99 Å². The summed E-state index contributed by atoms with van der Waals surface area (Å²) in [5, 5.41) is 0. The number of fused-ring (bicyclic) bond motifs is 1. The summed E-state index contributed by atoms with van der Waals surface area (Å²) < 4.78 is 10.4. The Kier molecular flexibility index (Phi) is 6.61. The fraction of sp³-hybridized carbons (Fsp3) is 0.321. The van der Waals surface area contributed by atoms with Crippen molar-refractivity contribution in [2.75, 3.05) is 20.8 Å². The molecule has 0 aliphatic carbocycles. The van der Waals surface area contributed by atoms with Crippen LogP contribution in [-0.2, 0) is 17.7 Å². The van der Waals surface area contributed by atoms with Gasteiger partial charge >= 0.3 is 0 Å². The molecule has 32 heavy (non-hydrogen) atoms. The number of benzene rings is 3. The number of hydrogen-bond acceptors (Lipinski definition) is 2. The van der Waals surface area contributed by atoms with Crippen LogP contribution in [0.4, 0.5) is 0 Å². The van der Waals surface area contributed by atoms with Crippen molar-refractivity contribution < 1.29 is 4.74 Å². The van der Waals surface area contributed by atoms with Gasteiger partial charge in [-0.15, -0.1) is 0 Å². The third kappa shape index (κ3) is 4.56. The van der Waals surface area contributed by atoms with E-state index in [1.54, 1.807) is 7.11 Å². The van der Waals surface area contributed by atoms with E-state index in [1.165, 1.54) is 38.9 Å². The minimum Gasteiger partial charge on any atom is -0.383 e. The molecule has 0 aliphatic rings. The highest BCUT2D eigenvalue weighted by atomic mass is 16.5. The molecule has 1 heterocycles. The smallest absolute Gasteiger partial charge is 0.206 e. The molecule has 166 valence electrons. The number of rotatable bonds is 7. The van der Waals surface area contributed by atoms with Gasteiger partial charge in [0.05, 0.1) is 30.2 Å². The second-order valence-electron chi connectivity index (χ2n) is 8.76. The molecule has 0 saturated heterocycles. The Balaban J connectivity index is 1.87. The summed E-state index contributed by atoms with van der Waals surface area (Å²) in [7, 11) is 3.67. The third-order valence-electron chi connectivity index (χ3n) is 6.12. The Morgan fingerprint density at radius 2 is 1.38 bits per heavy atom. The SMILES string of the molecule is C/N=c1\n(Cc2ccc(C)cc2)c2cc(C)ccc2n1[C@H](COC)Cc1ccc(C)cc1. The summed E-state index contributed by atoms with van der Waals surface area (Å²) in [6.45, 7) is 7.80. The van der Waals surface area contributed by atoms with Crippen LogP contribution in [0.1, 0.15) is 33.9 Å². The zero-order chi connectivity index (χ0) is 22.7. The lowest BCUT2D eigenvalue weighted by Gasteiger charge is -2.20. The van der Waals surface area contributed by atoms with Crippen LogP contribution in [0, 0.1) is 20.8 Å². The van der Waals surface area contributed by atoms with Gasteiger partial charge in [0, 0.05) is 14.2 Å². The molecule has 0 N–H and O–H groups in total. The minimum atomic E-state index is 0.144. The van der Waals surface area contributed by atoms with E-state index < -0.39 is 0 Å². The van der Waals surface area contributed by atoms with Crippen LogP contribution in [0.15, 0.2) is 71.7 Å². The van der Waals surface area contributed by atoms with E-state index in [4.69, 9.17) is 9.73 Å². The number of ether oxygens (including phenoxy) is 1. The number of hydrogen-bond donors (Lipinski definition) is 0. The first-order chi connectivity index (χ1) is 15.5. The zero-order valence-electron chi connectivity index (χ0n) is 19.8. The standard InChI is InChI=1S/C28H33N3O/c1-20-6-11-23(12-7-20)17-25(19-32-5)31-26-15-10-22(3)16-27(26)30(28(31)29-4)18-24-13-8-21(2)9-14-24/h6-16,25H,17-19H2,1-5H3/b29-28+/t25-/m0/s1. The first kappa shape index (κ1) is 22.1. The van der Waals surface area contributed by atoms with E-state index in [1.807, 2.05) is 7.05 Å². The molecule has 0 saturated carbocycles. The van der Waals surface area contributed by atoms with Crippen LogP contribution in [-0.4, -0.2) is 29.9 Å². The molecular weight excluding hydrogens is 394 g/mol. The van der Waals surface area contributed by atoms with Crippen LogP contribution in [0.5, 0.6) is 0 Å². The number of imidazole rings is 1. The second-order valence-corrected chi connectivity index (χ2v) is 8.76. The van der Waals surface area contributed by atoms with Crippen molar-refractivity contribution in [1.82, 2.24) is 9.13 Å². The summed E-state index contributed by atoms with van der Waals surface area (Å²) in [6.07, 6.45) is 0.888. The molecule has 4 nitrogen and oxygen atoms in total. The molecule has 0 aliphatic heterocycles. The largest absolute Gasteiger partial charge is 0.383 e. The topological polar surface area (TPSA) is 31.4 Å². The molecule has 3 aromatic carbocycles. The van der Waals surface area contributed by atoms with Gasteiger partial charge in [-0.05, 0) is 56.0 Å². The highest BCUT2D eigenvalue weighted by Gasteiger charge is 2.20. The maximum atomic E-state index is 5.70. The van der Waals surface area contributed by atoms with Crippen molar-refractivity contribution in [3.8, 4) is 0 Å². The van der Waals surface area contributed by atoms with E-state index in [-0.39, 0.29) is 6.04 Å². The Morgan fingerprint density at radius 3 is 1.97 bits per heavy atom. The lowest BCUT2D eigenvalue weighted by atomic mass is 10.0. The first-order valence-corrected chi connectivity index (χ1v) is 11.2. The molecule has 0 radical (unpaired) electrons. The average Bonchev–Trinajstić information content (AvgIpc) is 3.09. The molecule has 1 aromatic heterocycles. The second kappa shape index (κ2) is 9.58. The number of aryl methyl sites for hydroxylation is 3. The molecule has 0 spiro atoms. The van der Waals surface area contributed by atoms with Gasteiger partial charge in [0.25, 0.3) is 0 Å². The molecule has 0 unspecified atom stereocenters. The van der Waals surface area contributed by atoms with E-state index in [2.05, 4.69) is 96.6 Å². The summed E-state index contributed by atoms with van der Waals surface area (Å²) >= 11 is 0. The van der Waals surface area contributed by atoms with Crippen molar-refractivity contribution in [2.45, 2.75) is 39.8 Å². The number of methoxy groups -OCH3 is 1. The normalized spacial score (nSPS) is 13.1. The molecule has 4 rings (SSSR count). The Hall–Kier alpha value is -3.11. The zero-order valence-corrected chi connectivity index (χ0v) is 19.8. The number of aromatic nitrogens is 2. The third-order valence-corrected chi connectivity index (χ3v) is 6.12. The predicted octanol–water partition coefficient (Wildman–Crippen LogP) is 5.38. The average molecular weight is 428 g/mol. The van der Waals surface area contributed by atoms with E-state index >= 15 is 0 Å².